The number of methoxy groups -OCH3 is 2. The first-order valence-electron chi connectivity index (χ1n) is 9.07. The highest BCUT2D eigenvalue weighted by atomic mass is 127. The first-order chi connectivity index (χ1) is 14.5. The van der Waals surface area contributed by atoms with E-state index in [1.807, 2.05) is 60.7 Å². The van der Waals surface area contributed by atoms with Crippen LogP contribution in [0.2, 0.25) is 0 Å². The molecule has 30 heavy (non-hydrogen) atoms. The highest BCUT2D eigenvalue weighted by Crippen LogP contribution is 2.42. The van der Waals surface area contributed by atoms with Crippen LogP contribution in [0.25, 0.3) is 32.7 Å². The number of carbonyl (C=O) groups excluding carboxylic acids is 2. The van der Waals surface area contributed by atoms with Gasteiger partial charge < -0.3 is 9.47 Å². The fourth-order valence-corrected chi connectivity index (χ4v) is 5.52. The van der Waals surface area contributed by atoms with Crippen molar-refractivity contribution in [1.82, 2.24) is 0 Å². The van der Waals surface area contributed by atoms with E-state index < -0.39 is 11.9 Å². The van der Waals surface area contributed by atoms with Gasteiger partial charge in [0, 0.05) is 18.3 Å². The number of halogens is 2. The Hall–Kier alpha value is -2.20. The molecule has 0 spiro atoms. The molecule has 4 aromatic rings. The highest BCUT2D eigenvalue weighted by Gasteiger charge is 2.24. The summed E-state index contributed by atoms with van der Waals surface area (Å²) < 4.78 is 11.6. The number of benzene rings is 4. The smallest absolute Gasteiger partial charge is 0.338 e. The van der Waals surface area contributed by atoms with E-state index in [0.29, 0.717) is 11.1 Å². The van der Waals surface area contributed by atoms with Crippen LogP contribution >= 0.6 is 45.2 Å². The molecule has 150 valence electrons. The third-order valence-electron chi connectivity index (χ3n) is 5.03. The van der Waals surface area contributed by atoms with Crippen molar-refractivity contribution in [3.05, 3.63) is 78.9 Å². The van der Waals surface area contributed by atoms with Gasteiger partial charge in [0.05, 0.1) is 25.3 Å². The van der Waals surface area contributed by atoms with Crippen LogP contribution in [0.15, 0.2) is 60.7 Å². The van der Waals surface area contributed by atoms with Gasteiger partial charge in [-0.05, 0) is 78.9 Å². The number of carbonyl (C=O) groups is 2. The molecule has 0 unspecified atom stereocenters. The zero-order valence-electron chi connectivity index (χ0n) is 16.2. The van der Waals surface area contributed by atoms with Gasteiger partial charge in [0.1, 0.15) is 0 Å². The van der Waals surface area contributed by atoms with E-state index in [1.54, 1.807) is 0 Å². The van der Waals surface area contributed by atoms with Crippen molar-refractivity contribution in [3.63, 3.8) is 0 Å². The summed E-state index contributed by atoms with van der Waals surface area (Å²) in [5.74, 6) is -0.787. The molecule has 0 aliphatic heterocycles. The van der Waals surface area contributed by atoms with Crippen LogP contribution in [0.5, 0.6) is 0 Å². The average molecular weight is 622 g/mol. The van der Waals surface area contributed by atoms with Crippen molar-refractivity contribution in [3.8, 4) is 11.1 Å². The second-order valence-electron chi connectivity index (χ2n) is 6.65. The number of ether oxygens (including phenoxy) is 2. The number of rotatable bonds is 3. The van der Waals surface area contributed by atoms with E-state index in [9.17, 15) is 9.59 Å². The summed E-state index contributed by atoms with van der Waals surface area (Å²) in [6.45, 7) is 0. The molecule has 0 saturated carbocycles. The van der Waals surface area contributed by atoms with Crippen molar-refractivity contribution in [1.29, 1.82) is 0 Å². The lowest BCUT2D eigenvalue weighted by atomic mass is 9.90. The second kappa shape index (κ2) is 8.50. The molecule has 4 nitrogen and oxygen atoms in total. The lowest BCUT2D eigenvalue weighted by Crippen LogP contribution is -2.08. The Labute approximate surface area is 200 Å². The van der Waals surface area contributed by atoms with Crippen molar-refractivity contribution in [2.45, 2.75) is 0 Å². The van der Waals surface area contributed by atoms with Crippen LogP contribution in [0, 0.1) is 7.14 Å². The Kier molecular flexibility index (Phi) is 5.97. The van der Waals surface area contributed by atoms with Crippen LogP contribution in [0.1, 0.15) is 20.7 Å². The molecule has 0 saturated heterocycles. The zero-order valence-corrected chi connectivity index (χ0v) is 20.5. The predicted molar refractivity (Wildman–Crippen MR) is 135 cm³/mol. The maximum Gasteiger partial charge on any atom is 0.338 e. The summed E-state index contributed by atoms with van der Waals surface area (Å²) in [4.78, 5) is 25.1. The SMILES string of the molecule is COC(=O)c1cc2ccccc2c(-c2c(I)c(C(=O)OC)cc3ccccc23)c1I. The van der Waals surface area contributed by atoms with Gasteiger partial charge >= 0.3 is 11.9 Å². The largest absolute Gasteiger partial charge is 0.465 e. The number of esters is 2. The maximum atomic E-state index is 12.5. The van der Waals surface area contributed by atoms with E-state index in [-0.39, 0.29) is 0 Å². The van der Waals surface area contributed by atoms with Crippen LogP contribution < -0.4 is 0 Å². The summed E-state index contributed by atoms with van der Waals surface area (Å²) in [5.41, 5.74) is 2.80. The molecular weight excluding hydrogens is 606 g/mol. The topological polar surface area (TPSA) is 52.6 Å². The molecule has 0 aliphatic rings. The Morgan fingerprint density at radius 1 is 0.667 bits per heavy atom. The zero-order chi connectivity index (χ0) is 21.4. The van der Waals surface area contributed by atoms with Crippen molar-refractivity contribution in [2.75, 3.05) is 14.2 Å². The van der Waals surface area contributed by atoms with Crippen molar-refractivity contribution in [2.24, 2.45) is 0 Å². The Balaban J connectivity index is 2.23. The number of hydrogen-bond acceptors (Lipinski definition) is 4. The third kappa shape index (κ3) is 3.45. The molecule has 0 radical (unpaired) electrons. The number of fused-ring (bicyclic) bond motifs is 2. The van der Waals surface area contributed by atoms with Crippen LogP contribution in [-0.2, 0) is 9.47 Å². The molecule has 0 aromatic heterocycles. The van der Waals surface area contributed by atoms with Crippen LogP contribution in [-0.4, -0.2) is 26.2 Å². The molecule has 0 fully saturated rings. The van der Waals surface area contributed by atoms with E-state index in [2.05, 4.69) is 45.2 Å². The fraction of sp³-hybridized carbons (Fsp3) is 0.0833. The quantitative estimate of drug-likeness (QED) is 0.195. The molecule has 0 N–H and O–H groups in total. The van der Waals surface area contributed by atoms with Gasteiger partial charge in [0.25, 0.3) is 0 Å². The molecular formula is C24H16I2O4. The summed E-state index contributed by atoms with van der Waals surface area (Å²) in [7, 11) is 2.76. The Morgan fingerprint density at radius 3 is 1.40 bits per heavy atom. The number of hydrogen-bond donors (Lipinski definition) is 0. The molecule has 4 rings (SSSR count). The van der Waals surface area contributed by atoms with Gasteiger partial charge in [-0.15, -0.1) is 0 Å². The summed E-state index contributed by atoms with van der Waals surface area (Å²) in [5, 5.41) is 3.85. The molecule has 0 atom stereocenters. The van der Waals surface area contributed by atoms with E-state index >= 15 is 0 Å². The van der Waals surface area contributed by atoms with Gasteiger partial charge in [-0.1, -0.05) is 48.5 Å². The summed E-state index contributed by atoms with van der Waals surface area (Å²) in [6, 6.07) is 19.5. The first-order valence-corrected chi connectivity index (χ1v) is 11.2. The minimum Gasteiger partial charge on any atom is -0.465 e. The normalized spacial score (nSPS) is 10.9. The van der Waals surface area contributed by atoms with Gasteiger partial charge in [0.15, 0.2) is 0 Å². The molecule has 4 aromatic carbocycles. The van der Waals surface area contributed by atoms with E-state index in [1.165, 1.54) is 14.2 Å². The molecule has 0 bridgehead atoms. The lowest BCUT2D eigenvalue weighted by Gasteiger charge is -2.18. The van der Waals surface area contributed by atoms with Gasteiger partial charge in [-0.25, -0.2) is 9.59 Å². The minimum absolute atomic E-state index is 0.394. The van der Waals surface area contributed by atoms with Crippen LogP contribution in [0.3, 0.4) is 0 Å². The monoisotopic (exact) mass is 622 g/mol. The average Bonchev–Trinajstić information content (AvgIpc) is 2.78. The second-order valence-corrected chi connectivity index (χ2v) is 8.81. The van der Waals surface area contributed by atoms with E-state index in [4.69, 9.17) is 9.47 Å². The minimum atomic E-state index is -0.394. The standard InChI is InChI=1S/C24H16I2O4/c1-29-23(27)17-11-13-7-3-5-9-15(13)19(21(17)25)20-16-10-6-4-8-14(16)12-18(22(20)26)24(28)30-2/h3-12H,1-2H3. The van der Waals surface area contributed by atoms with Crippen molar-refractivity contribution < 1.29 is 19.1 Å². The molecule has 0 aliphatic carbocycles. The summed E-state index contributed by atoms with van der Waals surface area (Å²) in [6.07, 6.45) is 0. The summed E-state index contributed by atoms with van der Waals surface area (Å²) >= 11 is 4.40. The lowest BCUT2D eigenvalue weighted by molar-refractivity contribution is 0.0590. The maximum absolute atomic E-state index is 12.5. The van der Waals surface area contributed by atoms with Crippen molar-refractivity contribution >= 4 is 78.7 Å². The van der Waals surface area contributed by atoms with Crippen LogP contribution in [0.4, 0.5) is 0 Å². The fourth-order valence-electron chi connectivity index (χ4n) is 3.65. The van der Waals surface area contributed by atoms with Gasteiger partial charge in [-0.3, -0.25) is 0 Å². The Bertz CT molecular complexity index is 1220. The Morgan fingerprint density at radius 2 is 1.03 bits per heavy atom. The van der Waals surface area contributed by atoms with Gasteiger partial charge in [0.2, 0.25) is 0 Å². The molecule has 0 amide bonds. The molecule has 6 heteroatoms. The predicted octanol–water partition coefficient (Wildman–Crippen LogP) is 6.44. The highest BCUT2D eigenvalue weighted by molar-refractivity contribution is 14.1. The third-order valence-corrected chi connectivity index (χ3v) is 7.27. The first kappa shape index (κ1) is 21.0. The molecule has 0 heterocycles. The van der Waals surface area contributed by atoms with Gasteiger partial charge in [-0.2, -0.15) is 0 Å². The van der Waals surface area contributed by atoms with E-state index in [0.717, 1.165) is 39.8 Å².